The molecule has 0 saturated heterocycles. The second-order valence-corrected chi connectivity index (χ2v) is 7.94. The maximum Gasteiger partial charge on any atom is 0.416 e. The van der Waals surface area contributed by atoms with Crippen LogP contribution >= 0.6 is 11.6 Å². The van der Waals surface area contributed by atoms with Crippen molar-refractivity contribution in [3.8, 4) is 0 Å². The van der Waals surface area contributed by atoms with Crippen LogP contribution in [0.5, 0.6) is 0 Å². The number of rotatable bonds is 7. The summed E-state index contributed by atoms with van der Waals surface area (Å²) in [4.78, 5) is 22.4. The molecule has 7 nitrogen and oxygen atoms in total. The van der Waals surface area contributed by atoms with Gasteiger partial charge in [-0.3, -0.25) is 9.59 Å². The topological polar surface area (TPSA) is 102 Å². The van der Waals surface area contributed by atoms with E-state index < -0.39 is 68.3 Å². The molecule has 0 heterocycles. The Morgan fingerprint density at radius 2 is 1.74 bits per heavy atom. The Hall–Kier alpha value is -2.77. The van der Waals surface area contributed by atoms with E-state index in [-0.39, 0.29) is 5.69 Å². The fourth-order valence-corrected chi connectivity index (χ4v) is 3.58. The Kier molecular flexibility index (Phi) is 7.57. The number of benzene rings is 2. The van der Waals surface area contributed by atoms with Gasteiger partial charge in [-0.15, -0.1) is 0 Å². The van der Waals surface area contributed by atoms with Gasteiger partial charge in [0.05, 0.1) is 16.3 Å². The van der Waals surface area contributed by atoms with Gasteiger partial charge in [-0.25, -0.2) is 17.2 Å². The van der Waals surface area contributed by atoms with Gasteiger partial charge in [0.2, 0.25) is 10.0 Å². The summed E-state index contributed by atoms with van der Waals surface area (Å²) >= 11 is 5.64. The smallest absolute Gasteiger partial charge is 0.416 e. The number of carbonyl (C=O) groups excluding carboxylic acids is 2. The second kappa shape index (κ2) is 9.58. The van der Waals surface area contributed by atoms with Crippen LogP contribution in [0.4, 0.5) is 27.6 Å². The van der Waals surface area contributed by atoms with E-state index in [1.54, 1.807) is 4.72 Å². The molecule has 2 aromatic rings. The highest BCUT2D eigenvalue weighted by Crippen LogP contribution is 2.33. The van der Waals surface area contributed by atoms with Gasteiger partial charge < -0.3 is 10.1 Å². The molecule has 0 atom stereocenters. The summed E-state index contributed by atoms with van der Waals surface area (Å²) in [6.07, 6.45) is -4.83. The van der Waals surface area contributed by atoms with E-state index in [1.807, 2.05) is 5.32 Å². The molecule has 2 rings (SSSR count). The van der Waals surface area contributed by atoms with E-state index in [1.165, 1.54) is 0 Å². The Morgan fingerprint density at radius 1 is 1.06 bits per heavy atom. The number of ether oxygens (including phenoxy) is 1. The zero-order valence-corrected chi connectivity index (χ0v) is 16.7. The number of anilines is 1. The number of hydrogen-bond donors (Lipinski definition) is 2. The maximum atomic E-state index is 13.4. The van der Waals surface area contributed by atoms with Crippen molar-refractivity contribution >= 4 is 39.2 Å². The van der Waals surface area contributed by atoms with E-state index in [4.69, 9.17) is 11.6 Å². The summed E-state index contributed by atoms with van der Waals surface area (Å²) in [6, 6.07) is 3.92. The van der Waals surface area contributed by atoms with Gasteiger partial charge in [0.1, 0.15) is 23.1 Å². The summed E-state index contributed by atoms with van der Waals surface area (Å²) in [5.74, 6) is -4.23. The minimum atomic E-state index is -4.83. The third-order valence-corrected chi connectivity index (χ3v) is 5.41. The van der Waals surface area contributed by atoms with Crippen LogP contribution in [-0.2, 0) is 30.5 Å². The first-order chi connectivity index (χ1) is 14.3. The number of carbonyl (C=O) groups is 2. The number of hydrogen-bond acceptors (Lipinski definition) is 5. The Bertz CT molecular complexity index is 1110. The molecule has 2 aromatic carbocycles. The number of halogens is 6. The SMILES string of the molecule is O=C(COC(=O)CNS(=O)(=O)c1cc(C(F)(F)F)ccc1Cl)Nc1ccc(F)cc1F. The highest BCUT2D eigenvalue weighted by Gasteiger charge is 2.32. The minimum Gasteiger partial charge on any atom is -0.455 e. The Balaban J connectivity index is 1.94. The lowest BCUT2D eigenvalue weighted by Crippen LogP contribution is -2.32. The molecule has 168 valence electrons. The number of alkyl halides is 3. The molecule has 0 bridgehead atoms. The maximum absolute atomic E-state index is 13.4. The second-order valence-electron chi connectivity index (χ2n) is 5.80. The van der Waals surface area contributed by atoms with Crippen LogP contribution < -0.4 is 10.0 Å². The molecule has 0 fully saturated rings. The molecule has 0 radical (unpaired) electrons. The molecule has 2 N–H and O–H groups in total. The van der Waals surface area contributed by atoms with Crippen LogP contribution in [0.25, 0.3) is 0 Å². The monoisotopic (exact) mass is 486 g/mol. The van der Waals surface area contributed by atoms with Gasteiger partial charge in [-0.2, -0.15) is 17.9 Å². The lowest BCUT2D eigenvalue weighted by atomic mass is 10.2. The summed E-state index contributed by atoms with van der Waals surface area (Å²) < 4.78 is 95.0. The van der Waals surface area contributed by atoms with Crippen molar-refractivity contribution in [1.82, 2.24) is 4.72 Å². The standard InChI is InChI=1S/C17H12ClF5N2O5S/c18-11-3-1-9(17(21,22)23)5-14(11)31(28,29)24-7-16(27)30-8-15(26)25-13-4-2-10(19)6-12(13)20/h1-6,24H,7-8H2,(H,25,26). The van der Waals surface area contributed by atoms with Crippen LogP contribution in [0.1, 0.15) is 5.56 Å². The van der Waals surface area contributed by atoms with E-state index in [9.17, 15) is 40.0 Å². The van der Waals surface area contributed by atoms with E-state index in [0.29, 0.717) is 18.2 Å². The molecular formula is C17H12ClF5N2O5S. The molecule has 0 aliphatic heterocycles. The molecule has 0 aliphatic rings. The summed E-state index contributed by atoms with van der Waals surface area (Å²) in [5, 5.41) is 1.48. The van der Waals surface area contributed by atoms with Crippen molar-refractivity contribution < 1.29 is 44.7 Å². The summed E-state index contributed by atoms with van der Waals surface area (Å²) in [5.41, 5.74) is -1.66. The molecule has 0 spiro atoms. The predicted molar refractivity (Wildman–Crippen MR) is 97.6 cm³/mol. The van der Waals surface area contributed by atoms with Gasteiger partial charge in [-0.1, -0.05) is 11.6 Å². The fourth-order valence-electron chi connectivity index (χ4n) is 2.09. The van der Waals surface area contributed by atoms with Gasteiger partial charge in [0, 0.05) is 6.07 Å². The summed E-state index contributed by atoms with van der Waals surface area (Å²) in [7, 11) is -4.63. The van der Waals surface area contributed by atoms with E-state index in [0.717, 1.165) is 18.2 Å². The average molecular weight is 487 g/mol. The van der Waals surface area contributed by atoms with Gasteiger partial charge in [0.25, 0.3) is 5.91 Å². The number of nitrogens with one attached hydrogen (secondary N) is 2. The highest BCUT2D eigenvalue weighted by molar-refractivity contribution is 7.89. The third kappa shape index (κ3) is 6.87. The quantitative estimate of drug-likeness (QED) is 0.462. The molecular weight excluding hydrogens is 475 g/mol. The molecule has 14 heteroatoms. The molecule has 1 amide bonds. The van der Waals surface area contributed by atoms with Crippen molar-refractivity contribution in [2.45, 2.75) is 11.1 Å². The van der Waals surface area contributed by atoms with Gasteiger partial charge >= 0.3 is 12.1 Å². The number of amides is 1. The van der Waals surface area contributed by atoms with Crippen molar-refractivity contribution in [2.24, 2.45) is 0 Å². The average Bonchev–Trinajstić information content (AvgIpc) is 2.66. The molecule has 0 aliphatic carbocycles. The Morgan fingerprint density at radius 3 is 2.35 bits per heavy atom. The van der Waals surface area contributed by atoms with Crippen molar-refractivity contribution in [1.29, 1.82) is 0 Å². The van der Waals surface area contributed by atoms with Crippen molar-refractivity contribution in [3.63, 3.8) is 0 Å². The van der Waals surface area contributed by atoms with Crippen molar-refractivity contribution in [2.75, 3.05) is 18.5 Å². The Labute approximate surface area is 177 Å². The molecule has 0 aromatic heterocycles. The van der Waals surface area contributed by atoms with Crippen LogP contribution in [0.15, 0.2) is 41.3 Å². The van der Waals surface area contributed by atoms with Gasteiger partial charge in [0.15, 0.2) is 6.61 Å². The number of esters is 1. The number of sulfonamides is 1. The zero-order chi connectivity index (χ0) is 23.4. The first-order valence-electron chi connectivity index (χ1n) is 8.06. The van der Waals surface area contributed by atoms with Crippen LogP contribution in [-0.4, -0.2) is 33.4 Å². The van der Waals surface area contributed by atoms with E-state index >= 15 is 0 Å². The lowest BCUT2D eigenvalue weighted by Gasteiger charge is -2.12. The first-order valence-corrected chi connectivity index (χ1v) is 9.92. The molecule has 31 heavy (non-hydrogen) atoms. The third-order valence-electron chi connectivity index (χ3n) is 3.52. The zero-order valence-electron chi connectivity index (χ0n) is 15.1. The predicted octanol–water partition coefficient (Wildman–Crippen LogP) is 3.10. The normalized spacial score (nSPS) is 11.8. The highest BCUT2D eigenvalue weighted by atomic mass is 35.5. The van der Waals surface area contributed by atoms with Crippen LogP contribution in [0.3, 0.4) is 0 Å². The summed E-state index contributed by atoms with van der Waals surface area (Å²) in [6.45, 7) is -1.98. The van der Waals surface area contributed by atoms with Gasteiger partial charge in [-0.05, 0) is 30.3 Å². The fraction of sp³-hybridized carbons (Fsp3) is 0.176. The molecule has 0 saturated carbocycles. The largest absolute Gasteiger partial charge is 0.455 e. The minimum absolute atomic E-state index is 0.292. The van der Waals surface area contributed by atoms with Crippen molar-refractivity contribution in [3.05, 3.63) is 58.6 Å². The lowest BCUT2D eigenvalue weighted by molar-refractivity contribution is -0.146. The van der Waals surface area contributed by atoms with Crippen LogP contribution in [0.2, 0.25) is 5.02 Å². The molecule has 0 unspecified atom stereocenters. The first kappa shape index (κ1) is 24.5. The van der Waals surface area contributed by atoms with E-state index in [2.05, 4.69) is 4.74 Å². The van der Waals surface area contributed by atoms with Crippen LogP contribution in [0, 0.1) is 11.6 Å².